The summed E-state index contributed by atoms with van der Waals surface area (Å²) >= 11 is 0. The van der Waals surface area contributed by atoms with Crippen molar-refractivity contribution in [2.24, 2.45) is 5.41 Å². The zero-order valence-electron chi connectivity index (χ0n) is 13.1. The van der Waals surface area contributed by atoms with E-state index in [4.69, 9.17) is 5.10 Å². The fourth-order valence-corrected chi connectivity index (χ4v) is 4.53. The molecule has 20 heavy (non-hydrogen) atoms. The molecule has 0 N–H and O–H groups in total. The van der Waals surface area contributed by atoms with E-state index >= 15 is 0 Å². The summed E-state index contributed by atoms with van der Waals surface area (Å²) in [6.07, 6.45) is 7.23. The van der Waals surface area contributed by atoms with Gasteiger partial charge in [0, 0.05) is 29.0 Å². The van der Waals surface area contributed by atoms with Gasteiger partial charge in [0.2, 0.25) is 0 Å². The first-order chi connectivity index (χ1) is 9.39. The third kappa shape index (κ3) is 1.92. The van der Waals surface area contributed by atoms with E-state index in [-0.39, 0.29) is 5.54 Å². The van der Waals surface area contributed by atoms with Crippen molar-refractivity contribution in [3.05, 3.63) is 11.9 Å². The van der Waals surface area contributed by atoms with E-state index in [0.29, 0.717) is 17.4 Å². The summed E-state index contributed by atoms with van der Waals surface area (Å²) in [4.78, 5) is 4.70. The highest BCUT2D eigenvalue weighted by atomic mass is 15.5. The molecule has 3 aliphatic rings. The van der Waals surface area contributed by atoms with Crippen LogP contribution >= 0.6 is 0 Å². The van der Waals surface area contributed by atoms with Crippen molar-refractivity contribution in [3.8, 4) is 0 Å². The Kier molecular flexibility index (Phi) is 2.46. The molecule has 2 aliphatic carbocycles. The monoisotopic (exact) mass is 274 g/mol. The third-order valence-corrected chi connectivity index (χ3v) is 5.44. The van der Waals surface area contributed by atoms with Crippen LogP contribution in [0.4, 0.5) is 0 Å². The molecule has 1 aliphatic heterocycles. The van der Waals surface area contributed by atoms with E-state index in [0.717, 1.165) is 12.6 Å². The molecule has 0 amide bonds. The predicted octanol–water partition coefficient (Wildman–Crippen LogP) is 2.81. The molecule has 1 saturated heterocycles. The number of aromatic nitrogens is 3. The molecule has 0 radical (unpaired) electrons. The second-order valence-corrected chi connectivity index (χ2v) is 8.29. The summed E-state index contributed by atoms with van der Waals surface area (Å²) in [7, 11) is 0. The Hall–Kier alpha value is -0.900. The Morgan fingerprint density at radius 1 is 1.30 bits per heavy atom. The van der Waals surface area contributed by atoms with Crippen molar-refractivity contribution in [1.29, 1.82) is 0 Å². The average Bonchev–Trinajstić information content (AvgIpc) is 3.20. The molecule has 1 aromatic heterocycles. The molecule has 0 unspecified atom stereocenters. The molecule has 3 atom stereocenters. The number of fused-ring (bicyclic) bond motifs is 1. The summed E-state index contributed by atoms with van der Waals surface area (Å²) in [5.74, 6) is 0.713. The number of hydrogen-bond acceptors (Lipinski definition) is 3. The second-order valence-electron chi connectivity index (χ2n) is 8.29. The minimum Gasteiger partial charge on any atom is -0.292 e. The van der Waals surface area contributed by atoms with E-state index in [2.05, 4.69) is 37.7 Å². The van der Waals surface area contributed by atoms with Gasteiger partial charge in [0.05, 0.1) is 18.4 Å². The SMILES string of the molecule is C[C@@H]1C[C@@]2(Cn3ncc(C4CC4)n3)C[C@H]2N1C(C)(C)C. The summed E-state index contributed by atoms with van der Waals surface area (Å²) in [5.41, 5.74) is 1.95. The Morgan fingerprint density at radius 2 is 2.05 bits per heavy atom. The number of nitrogens with zero attached hydrogens (tertiary/aromatic N) is 4. The van der Waals surface area contributed by atoms with Crippen LogP contribution in [0.3, 0.4) is 0 Å². The van der Waals surface area contributed by atoms with Crippen LogP contribution in [-0.4, -0.2) is 37.5 Å². The molecule has 4 heteroatoms. The van der Waals surface area contributed by atoms with Crippen LogP contribution in [0.25, 0.3) is 0 Å². The van der Waals surface area contributed by atoms with Gasteiger partial charge >= 0.3 is 0 Å². The fourth-order valence-electron chi connectivity index (χ4n) is 4.53. The molecule has 0 spiro atoms. The number of piperidine rings is 1. The quantitative estimate of drug-likeness (QED) is 0.850. The highest BCUT2D eigenvalue weighted by Crippen LogP contribution is 2.62. The van der Waals surface area contributed by atoms with Gasteiger partial charge in [0.15, 0.2) is 0 Å². The minimum absolute atomic E-state index is 0.277. The first kappa shape index (κ1) is 12.8. The van der Waals surface area contributed by atoms with Crippen molar-refractivity contribution in [2.45, 2.75) is 83.5 Å². The van der Waals surface area contributed by atoms with E-state index in [1.54, 1.807) is 0 Å². The molecule has 2 heterocycles. The molecule has 3 fully saturated rings. The smallest absolute Gasteiger partial charge is 0.0858 e. The lowest BCUT2D eigenvalue weighted by Gasteiger charge is -2.37. The first-order valence-electron chi connectivity index (χ1n) is 8.08. The standard InChI is InChI=1S/C16H26N4/c1-11-7-16(8-14(16)20(11)15(2,3)4)10-19-17-9-13(18-19)12-5-6-12/h9,11-12,14H,5-8,10H2,1-4H3/t11-,14-,16+/m1/s1. The van der Waals surface area contributed by atoms with Crippen LogP contribution in [0.5, 0.6) is 0 Å². The van der Waals surface area contributed by atoms with Gasteiger partial charge in [0.25, 0.3) is 0 Å². The van der Waals surface area contributed by atoms with Gasteiger partial charge in [-0.05, 0) is 53.4 Å². The first-order valence-corrected chi connectivity index (χ1v) is 8.08. The van der Waals surface area contributed by atoms with Crippen molar-refractivity contribution >= 4 is 0 Å². The largest absolute Gasteiger partial charge is 0.292 e. The minimum atomic E-state index is 0.277. The zero-order chi connectivity index (χ0) is 14.1. The molecule has 0 aromatic carbocycles. The number of hydrogen-bond donors (Lipinski definition) is 0. The van der Waals surface area contributed by atoms with Gasteiger partial charge in [0.1, 0.15) is 0 Å². The Morgan fingerprint density at radius 3 is 2.65 bits per heavy atom. The van der Waals surface area contributed by atoms with Crippen molar-refractivity contribution in [2.75, 3.05) is 0 Å². The van der Waals surface area contributed by atoms with Crippen LogP contribution < -0.4 is 0 Å². The van der Waals surface area contributed by atoms with Crippen LogP contribution in [0, 0.1) is 5.41 Å². The maximum atomic E-state index is 4.71. The lowest BCUT2D eigenvalue weighted by atomic mass is 9.99. The van der Waals surface area contributed by atoms with Crippen molar-refractivity contribution in [3.63, 3.8) is 0 Å². The molecule has 2 saturated carbocycles. The normalized spacial score (nSPS) is 37.2. The Labute approximate surface area is 121 Å². The predicted molar refractivity (Wildman–Crippen MR) is 78.5 cm³/mol. The zero-order valence-corrected chi connectivity index (χ0v) is 13.1. The lowest BCUT2D eigenvalue weighted by molar-refractivity contribution is 0.104. The Bertz CT molecular complexity index is 525. The summed E-state index contributed by atoms with van der Waals surface area (Å²) in [6.45, 7) is 10.4. The van der Waals surface area contributed by atoms with Gasteiger partial charge in [-0.15, -0.1) is 0 Å². The Balaban J connectivity index is 1.50. The summed E-state index contributed by atoms with van der Waals surface area (Å²) in [5, 5.41) is 9.22. The van der Waals surface area contributed by atoms with E-state index in [1.807, 2.05) is 11.0 Å². The highest BCUT2D eigenvalue weighted by molar-refractivity contribution is 5.18. The molecule has 0 bridgehead atoms. The van der Waals surface area contributed by atoms with Crippen molar-refractivity contribution in [1.82, 2.24) is 19.9 Å². The van der Waals surface area contributed by atoms with Crippen LogP contribution in [0.1, 0.15) is 65.0 Å². The molecule has 110 valence electrons. The molecule has 4 rings (SSSR count). The molecular weight excluding hydrogens is 248 g/mol. The second kappa shape index (κ2) is 3.85. The van der Waals surface area contributed by atoms with Gasteiger partial charge in [-0.25, -0.2) is 0 Å². The third-order valence-electron chi connectivity index (χ3n) is 5.44. The lowest BCUT2D eigenvalue weighted by Crippen LogP contribution is -2.45. The van der Waals surface area contributed by atoms with Crippen molar-refractivity contribution < 1.29 is 0 Å². The van der Waals surface area contributed by atoms with Crippen LogP contribution in [0.2, 0.25) is 0 Å². The van der Waals surface area contributed by atoms with Crippen LogP contribution in [0.15, 0.2) is 6.20 Å². The highest BCUT2D eigenvalue weighted by Gasteiger charge is 2.65. The average molecular weight is 274 g/mol. The molecule has 4 nitrogen and oxygen atoms in total. The van der Waals surface area contributed by atoms with E-state index < -0.39 is 0 Å². The van der Waals surface area contributed by atoms with Gasteiger partial charge < -0.3 is 0 Å². The van der Waals surface area contributed by atoms with Crippen LogP contribution in [-0.2, 0) is 6.54 Å². The molecule has 1 aromatic rings. The van der Waals surface area contributed by atoms with E-state index in [1.165, 1.54) is 31.4 Å². The van der Waals surface area contributed by atoms with E-state index in [9.17, 15) is 0 Å². The fraction of sp³-hybridized carbons (Fsp3) is 0.875. The van der Waals surface area contributed by atoms with Gasteiger partial charge in [-0.3, -0.25) is 4.90 Å². The van der Waals surface area contributed by atoms with Gasteiger partial charge in [-0.1, -0.05) is 0 Å². The number of rotatable bonds is 3. The van der Waals surface area contributed by atoms with Gasteiger partial charge in [-0.2, -0.15) is 15.0 Å². The maximum absolute atomic E-state index is 4.71. The number of likely N-dealkylation sites (tertiary alicyclic amines) is 1. The maximum Gasteiger partial charge on any atom is 0.0858 e. The molecular formula is C16H26N4. The summed E-state index contributed by atoms with van der Waals surface area (Å²) in [6, 6.07) is 1.43. The summed E-state index contributed by atoms with van der Waals surface area (Å²) < 4.78 is 0. The topological polar surface area (TPSA) is 34.0 Å².